The van der Waals surface area contributed by atoms with Crippen molar-refractivity contribution >= 4 is 5.91 Å². The standard InChI is InChI=1S/C13H26N2O2/c1-5-13(7-6-8-14-13)12(16)15-11(9-17-4)10(2)3/h10-11,14H,5-9H2,1-4H3,(H,15,16). The quantitative estimate of drug-likeness (QED) is 0.738. The highest BCUT2D eigenvalue weighted by Crippen LogP contribution is 2.23. The molecule has 0 radical (unpaired) electrons. The second kappa shape index (κ2) is 6.36. The van der Waals surface area contributed by atoms with E-state index in [0.717, 1.165) is 25.8 Å². The second-order valence-electron chi connectivity index (χ2n) is 5.25. The van der Waals surface area contributed by atoms with Gasteiger partial charge in [0.05, 0.1) is 18.2 Å². The van der Waals surface area contributed by atoms with Crippen LogP contribution in [-0.4, -0.2) is 37.7 Å². The van der Waals surface area contributed by atoms with Gasteiger partial charge in [0, 0.05) is 7.11 Å². The molecule has 4 nitrogen and oxygen atoms in total. The van der Waals surface area contributed by atoms with E-state index in [9.17, 15) is 4.79 Å². The maximum absolute atomic E-state index is 12.4. The molecular weight excluding hydrogens is 216 g/mol. The zero-order valence-corrected chi connectivity index (χ0v) is 11.5. The molecule has 100 valence electrons. The Labute approximate surface area is 104 Å². The zero-order valence-electron chi connectivity index (χ0n) is 11.5. The summed E-state index contributed by atoms with van der Waals surface area (Å²) >= 11 is 0. The number of amides is 1. The minimum absolute atomic E-state index is 0.0957. The van der Waals surface area contributed by atoms with Gasteiger partial charge in [0.2, 0.25) is 5.91 Å². The van der Waals surface area contributed by atoms with E-state index in [1.165, 1.54) is 0 Å². The molecule has 1 heterocycles. The molecule has 2 unspecified atom stereocenters. The molecule has 2 N–H and O–H groups in total. The third-order valence-corrected chi connectivity index (χ3v) is 3.75. The monoisotopic (exact) mass is 242 g/mol. The van der Waals surface area contributed by atoms with Gasteiger partial charge in [-0.1, -0.05) is 20.8 Å². The lowest BCUT2D eigenvalue weighted by Gasteiger charge is -2.31. The van der Waals surface area contributed by atoms with Crippen LogP contribution in [-0.2, 0) is 9.53 Å². The van der Waals surface area contributed by atoms with Crippen molar-refractivity contribution in [2.75, 3.05) is 20.3 Å². The van der Waals surface area contributed by atoms with Crippen molar-refractivity contribution < 1.29 is 9.53 Å². The molecule has 1 amide bonds. The average molecular weight is 242 g/mol. The molecular formula is C13H26N2O2. The van der Waals surface area contributed by atoms with E-state index in [4.69, 9.17) is 4.74 Å². The van der Waals surface area contributed by atoms with Gasteiger partial charge in [-0.3, -0.25) is 4.79 Å². The van der Waals surface area contributed by atoms with Crippen LogP contribution in [0, 0.1) is 5.92 Å². The summed E-state index contributed by atoms with van der Waals surface area (Å²) < 4.78 is 5.16. The molecule has 0 aromatic carbocycles. The first-order chi connectivity index (χ1) is 8.05. The summed E-state index contributed by atoms with van der Waals surface area (Å²) in [4.78, 5) is 12.4. The van der Waals surface area contributed by atoms with Gasteiger partial charge in [-0.2, -0.15) is 0 Å². The van der Waals surface area contributed by atoms with Crippen LogP contribution in [0.5, 0.6) is 0 Å². The normalized spacial score (nSPS) is 26.2. The smallest absolute Gasteiger partial charge is 0.240 e. The van der Waals surface area contributed by atoms with E-state index >= 15 is 0 Å². The number of ether oxygens (including phenoxy) is 1. The number of nitrogens with one attached hydrogen (secondary N) is 2. The second-order valence-corrected chi connectivity index (χ2v) is 5.25. The summed E-state index contributed by atoms with van der Waals surface area (Å²) in [5.74, 6) is 0.516. The molecule has 0 spiro atoms. The van der Waals surface area contributed by atoms with Gasteiger partial charge in [-0.25, -0.2) is 0 Å². The Morgan fingerprint density at radius 3 is 2.65 bits per heavy atom. The number of carbonyl (C=O) groups excluding carboxylic acids is 1. The van der Waals surface area contributed by atoms with E-state index in [1.807, 2.05) is 0 Å². The van der Waals surface area contributed by atoms with Crippen molar-refractivity contribution in [1.29, 1.82) is 0 Å². The zero-order chi connectivity index (χ0) is 12.9. The largest absolute Gasteiger partial charge is 0.383 e. The highest BCUT2D eigenvalue weighted by molar-refractivity contribution is 5.86. The van der Waals surface area contributed by atoms with Crippen molar-refractivity contribution in [3.8, 4) is 0 Å². The maximum atomic E-state index is 12.4. The topological polar surface area (TPSA) is 50.4 Å². The van der Waals surface area contributed by atoms with Gasteiger partial charge < -0.3 is 15.4 Å². The van der Waals surface area contributed by atoms with E-state index in [2.05, 4.69) is 31.4 Å². The molecule has 1 aliphatic heterocycles. The molecule has 4 heteroatoms. The molecule has 17 heavy (non-hydrogen) atoms. The molecule has 1 aliphatic rings. The van der Waals surface area contributed by atoms with Crippen LogP contribution in [0.1, 0.15) is 40.0 Å². The van der Waals surface area contributed by atoms with Crippen LogP contribution < -0.4 is 10.6 Å². The Kier molecular flexibility index (Phi) is 5.40. The molecule has 0 aliphatic carbocycles. The lowest BCUT2D eigenvalue weighted by Crippen LogP contribution is -2.57. The molecule has 0 aromatic rings. The fourth-order valence-electron chi connectivity index (χ4n) is 2.35. The molecule has 1 saturated heterocycles. The summed E-state index contributed by atoms with van der Waals surface area (Å²) in [7, 11) is 1.67. The van der Waals surface area contributed by atoms with Gasteiger partial charge in [0.15, 0.2) is 0 Å². The number of hydrogen-bond donors (Lipinski definition) is 2. The van der Waals surface area contributed by atoms with Gasteiger partial charge in [-0.05, 0) is 31.7 Å². The predicted octanol–water partition coefficient (Wildman–Crippen LogP) is 1.31. The molecule has 0 aromatic heterocycles. The fraction of sp³-hybridized carbons (Fsp3) is 0.923. The van der Waals surface area contributed by atoms with E-state index in [1.54, 1.807) is 7.11 Å². The SMILES string of the molecule is CCC1(C(=O)NC(COC)C(C)C)CCCN1. The minimum atomic E-state index is -0.346. The first-order valence-electron chi connectivity index (χ1n) is 6.60. The number of carbonyl (C=O) groups is 1. The Morgan fingerprint density at radius 1 is 1.53 bits per heavy atom. The van der Waals surface area contributed by atoms with Crippen molar-refractivity contribution in [3.63, 3.8) is 0 Å². The Bertz CT molecular complexity index is 248. The number of hydrogen-bond acceptors (Lipinski definition) is 3. The van der Waals surface area contributed by atoms with Crippen molar-refractivity contribution in [3.05, 3.63) is 0 Å². The summed E-state index contributed by atoms with van der Waals surface area (Å²) in [6.45, 7) is 7.79. The molecule has 1 rings (SSSR count). The summed E-state index contributed by atoms with van der Waals surface area (Å²) in [6, 6.07) is 0.0957. The lowest BCUT2D eigenvalue weighted by atomic mass is 9.92. The predicted molar refractivity (Wildman–Crippen MR) is 68.9 cm³/mol. The van der Waals surface area contributed by atoms with Crippen LogP contribution in [0.2, 0.25) is 0 Å². The fourth-order valence-corrected chi connectivity index (χ4v) is 2.35. The lowest BCUT2D eigenvalue weighted by molar-refractivity contribution is -0.128. The van der Waals surface area contributed by atoms with Gasteiger partial charge in [0.25, 0.3) is 0 Å². The minimum Gasteiger partial charge on any atom is -0.383 e. The first-order valence-corrected chi connectivity index (χ1v) is 6.60. The summed E-state index contributed by atoms with van der Waals surface area (Å²) in [6.07, 6.45) is 2.86. The Hall–Kier alpha value is -0.610. The number of methoxy groups -OCH3 is 1. The van der Waals surface area contributed by atoms with Crippen LogP contribution in [0.25, 0.3) is 0 Å². The maximum Gasteiger partial charge on any atom is 0.240 e. The first kappa shape index (κ1) is 14.5. The van der Waals surface area contributed by atoms with Gasteiger partial charge in [-0.15, -0.1) is 0 Å². The van der Waals surface area contributed by atoms with Crippen LogP contribution in [0.3, 0.4) is 0 Å². The van der Waals surface area contributed by atoms with Crippen molar-refractivity contribution in [2.45, 2.75) is 51.6 Å². The molecule has 0 saturated carbocycles. The van der Waals surface area contributed by atoms with Crippen LogP contribution in [0.15, 0.2) is 0 Å². The summed E-state index contributed by atoms with van der Waals surface area (Å²) in [5, 5.41) is 6.48. The number of rotatable bonds is 6. The average Bonchev–Trinajstić information content (AvgIpc) is 2.78. The van der Waals surface area contributed by atoms with E-state index in [0.29, 0.717) is 12.5 Å². The van der Waals surface area contributed by atoms with Crippen molar-refractivity contribution in [1.82, 2.24) is 10.6 Å². The van der Waals surface area contributed by atoms with E-state index < -0.39 is 0 Å². The molecule has 0 bridgehead atoms. The van der Waals surface area contributed by atoms with E-state index in [-0.39, 0.29) is 17.5 Å². The molecule has 1 fully saturated rings. The van der Waals surface area contributed by atoms with Crippen LogP contribution >= 0.6 is 0 Å². The van der Waals surface area contributed by atoms with Gasteiger partial charge >= 0.3 is 0 Å². The highest BCUT2D eigenvalue weighted by Gasteiger charge is 2.39. The van der Waals surface area contributed by atoms with Gasteiger partial charge in [0.1, 0.15) is 0 Å². The van der Waals surface area contributed by atoms with Crippen LogP contribution in [0.4, 0.5) is 0 Å². The Morgan fingerprint density at radius 2 is 2.24 bits per heavy atom. The highest BCUT2D eigenvalue weighted by atomic mass is 16.5. The molecule has 2 atom stereocenters. The third-order valence-electron chi connectivity index (χ3n) is 3.75. The Balaban J connectivity index is 2.62. The summed E-state index contributed by atoms with van der Waals surface area (Å²) in [5.41, 5.74) is -0.346. The van der Waals surface area contributed by atoms with Crippen molar-refractivity contribution in [2.24, 2.45) is 5.92 Å². The third kappa shape index (κ3) is 3.42.